The van der Waals surface area contributed by atoms with Crippen LogP contribution in [0.3, 0.4) is 0 Å². The lowest BCUT2D eigenvalue weighted by Crippen LogP contribution is -2.49. The summed E-state index contributed by atoms with van der Waals surface area (Å²) >= 11 is 5.83. The third-order valence-corrected chi connectivity index (χ3v) is 3.77. The third-order valence-electron chi connectivity index (χ3n) is 3.54. The van der Waals surface area contributed by atoms with Crippen LogP contribution in [0.5, 0.6) is 0 Å². The van der Waals surface area contributed by atoms with E-state index in [1.165, 1.54) is 0 Å². The Kier molecular flexibility index (Phi) is 5.81. The first-order valence-electron chi connectivity index (χ1n) is 6.99. The second-order valence-corrected chi connectivity index (χ2v) is 5.56. The minimum Gasteiger partial charge on any atom is -0.397 e. The van der Waals surface area contributed by atoms with E-state index in [4.69, 9.17) is 22.4 Å². The second-order valence-electron chi connectivity index (χ2n) is 5.12. The van der Waals surface area contributed by atoms with Crippen molar-refractivity contribution in [1.29, 1.82) is 0 Å². The number of benzene rings is 1. The van der Waals surface area contributed by atoms with Gasteiger partial charge in [-0.3, -0.25) is 14.6 Å². The smallest absolute Gasteiger partial charge is 0.238 e. The predicted octanol–water partition coefficient (Wildman–Crippen LogP) is 0.471. The Morgan fingerprint density at radius 2 is 1.95 bits per heavy atom. The number of amides is 1. The van der Waals surface area contributed by atoms with Gasteiger partial charge in [0, 0.05) is 37.7 Å². The minimum atomic E-state index is -0.0837. The summed E-state index contributed by atoms with van der Waals surface area (Å²) in [6.45, 7) is 4.60. The Morgan fingerprint density at radius 1 is 1.29 bits per heavy atom. The zero-order valence-corrected chi connectivity index (χ0v) is 12.6. The highest BCUT2D eigenvalue weighted by Gasteiger charge is 2.18. The van der Waals surface area contributed by atoms with Crippen LogP contribution in [0.2, 0.25) is 5.02 Å². The van der Waals surface area contributed by atoms with Crippen molar-refractivity contribution >= 4 is 28.9 Å². The molecule has 0 unspecified atom stereocenters. The summed E-state index contributed by atoms with van der Waals surface area (Å²) in [5.41, 5.74) is 6.86. The van der Waals surface area contributed by atoms with Crippen molar-refractivity contribution in [3.8, 4) is 0 Å². The number of hydrogen-bond acceptors (Lipinski definition) is 5. The first-order valence-corrected chi connectivity index (χ1v) is 7.36. The molecule has 0 bridgehead atoms. The molecule has 1 aliphatic rings. The van der Waals surface area contributed by atoms with E-state index in [1.807, 2.05) is 0 Å². The van der Waals surface area contributed by atoms with Crippen LogP contribution in [-0.4, -0.2) is 66.7 Å². The van der Waals surface area contributed by atoms with Crippen molar-refractivity contribution in [2.45, 2.75) is 0 Å². The average Bonchev–Trinajstić information content (AvgIpc) is 2.44. The zero-order valence-electron chi connectivity index (χ0n) is 11.9. The number of nitrogens with zero attached hydrogens (tertiary/aromatic N) is 2. The molecule has 1 aromatic rings. The van der Waals surface area contributed by atoms with Crippen LogP contribution in [0.1, 0.15) is 0 Å². The number of anilines is 2. The number of aliphatic hydroxyl groups excluding tert-OH is 1. The molecule has 116 valence electrons. The number of nitrogen functional groups attached to an aromatic ring is 1. The van der Waals surface area contributed by atoms with Crippen LogP contribution in [-0.2, 0) is 4.79 Å². The Balaban J connectivity index is 1.80. The molecule has 1 aliphatic heterocycles. The predicted molar refractivity (Wildman–Crippen MR) is 84.5 cm³/mol. The number of carbonyl (C=O) groups excluding carboxylic acids is 1. The molecular formula is C14H21ClN4O2. The molecule has 0 aliphatic carbocycles. The number of aliphatic hydroxyl groups is 1. The normalized spacial score (nSPS) is 16.9. The van der Waals surface area contributed by atoms with Gasteiger partial charge in [0.05, 0.1) is 24.5 Å². The van der Waals surface area contributed by atoms with Crippen LogP contribution in [0.25, 0.3) is 0 Å². The minimum absolute atomic E-state index is 0.0837. The number of β-amino-alcohol motifs (C(OH)–C–C–N with tert-alkyl or cyclic N) is 1. The second kappa shape index (κ2) is 7.61. The van der Waals surface area contributed by atoms with Gasteiger partial charge in [0.2, 0.25) is 5.91 Å². The summed E-state index contributed by atoms with van der Waals surface area (Å²) in [6, 6.07) is 5.01. The fraction of sp³-hybridized carbons (Fsp3) is 0.500. The highest BCUT2D eigenvalue weighted by molar-refractivity contribution is 6.31. The SMILES string of the molecule is Nc1cc(Cl)ccc1NC(=O)CN1CCN(CCO)CC1. The summed E-state index contributed by atoms with van der Waals surface area (Å²) in [6.07, 6.45) is 0. The van der Waals surface area contributed by atoms with E-state index in [9.17, 15) is 4.79 Å². The molecule has 6 nitrogen and oxygen atoms in total. The maximum atomic E-state index is 12.0. The molecule has 0 atom stereocenters. The standard InChI is InChI=1S/C14H21ClN4O2/c15-11-1-2-13(12(16)9-11)17-14(21)10-19-5-3-18(4-6-19)7-8-20/h1-2,9,20H,3-8,10,16H2,(H,17,21). The lowest BCUT2D eigenvalue weighted by atomic mass is 10.2. The number of hydrogen-bond donors (Lipinski definition) is 3. The summed E-state index contributed by atoms with van der Waals surface area (Å²) in [4.78, 5) is 16.3. The van der Waals surface area contributed by atoms with E-state index in [0.29, 0.717) is 29.5 Å². The van der Waals surface area contributed by atoms with E-state index in [-0.39, 0.29) is 12.5 Å². The fourth-order valence-corrected chi connectivity index (χ4v) is 2.53. The lowest BCUT2D eigenvalue weighted by Gasteiger charge is -2.33. The summed E-state index contributed by atoms with van der Waals surface area (Å²) in [5.74, 6) is -0.0837. The van der Waals surface area contributed by atoms with Gasteiger partial charge < -0.3 is 16.2 Å². The van der Waals surface area contributed by atoms with Crippen LogP contribution in [0, 0.1) is 0 Å². The maximum Gasteiger partial charge on any atom is 0.238 e. The van der Waals surface area contributed by atoms with Gasteiger partial charge in [0.25, 0.3) is 0 Å². The van der Waals surface area contributed by atoms with Crippen LogP contribution in [0.15, 0.2) is 18.2 Å². The molecule has 1 aromatic carbocycles. The maximum absolute atomic E-state index is 12.0. The Bertz CT molecular complexity index is 490. The van der Waals surface area contributed by atoms with Gasteiger partial charge in [-0.25, -0.2) is 0 Å². The van der Waals surface area contributed by atoms with Crippen molar-refractivity contribution in [3.05, 3.63) is 23.2 Å². The summed E-state index contributed by atoms with van der Waals surface area (Å²) in [7, 11) is 0. The number of nitrogens with one attached hydrogen (secondary N) is 1. The molecular weight excluding hydrogens is 292 g/mol. The first kappa shape index (κ1) is 16.0. The molecule has 0 aromatic heterocycles. The van der Waals surface area contributed by atoms with E-state index >= 15 is 0 Å². The van der Waals surface area contributed by atoms with Gasteiger partial charge in [-0.2, -0.15) is 0 Å². The van der Waals surface area contributed by atoms with Crippen molar-refractivity contribution in [1.82, 2.24) is 9.80 Å². The lowest BCUT2D eigenvalue weighted by molar-refractivity contribution is -0.117. The molecule has 2 rings (SSSR count). The Morgan fingerprint density at radius 3 is 2.57 bits per heavy atom. The van der Waals surface area contributed by atoms with E-state index in [0.717, 1.165) is 26.2 Å². The van der Waals surface area contributed by atoms with Gasteiger partial charge in [0.15, 0.2) is 0 Å². The topological polar surface area (TPSA) is 81.8 Å². The Hall–Kier alpha value is -1.34. The molecule has 1 heterocycles. The van der Waals surface area contributed by atoms with Gasteiger partial charge in [-0.1, -0.05) is 11.6 Å². The molecule has 7 heteroatoms. The fourth-order valence-electron chi connectivity index (χ4n) is 2.35. The Labute approximate surface area is 129 Å². The van der Waals surface area contributed by atoms with Gasteiger partial charge in [-0.15, -0.1) is 0 Å². The molecule has 21 heavy (non-hydrogen) atoms. The summed E-state index contributed by atoms with van der Waals surface area (Å²) in [5, 5.41) is 12.2. The van der Waals surface area contributed by atoms with Gasteiger partial charge in [0.1, 0.15) is 0 Å². The first-order chi connectivity index (χ1) is 10.1. The molecule has 4 N–H and O–H groups in total. The highest BCUT2D eigenvalue weighted by Crippen LogP contribution is 2.22. The quantitative estimate of drug-likeness (QED) is 0.689. The van der Waals surface area contributed by atoms with Gasteiger partial charge >= 0.3 is 0 Å². The van der Waals surface area contributed by atoms with Crippen molar-refractivity contribution in [2.75, 3.05) is 56.9 Å². The van der Waals surface area contributed by atoms with Crippen molar-refractivity contribution < 1.29 is 9.90 Å². The summed E-state index contributed by atoms with van der Waals surface area (Å²) < 4.78 is 0. The zero-order chi connectivity index (χ0) is 15.2. The van der Waals surface area contributed by atoms with Crippen LogP contribution < -0.4 is 11.1 Å². The van der Waals surface area contributed by atoms with Crippen LogP contribution in [0.4, 0.5) is 11.4 Å². The number of rotatable bonds is 5. The molecule has 0 saturated carbocycles. The molecule has 0 radical (unpaired) electrons. The van der Waals surface area contributed by atoms with E-state index < -0.39 is 0 Å². The van der Waals surface area contributed by atoms with Crippen molar-refractivity contribution in [2.24, 2.45) is 0 Å². The van der Waals surface area contributed by atoms with E-state index in [1.54, 1.807) is 18.2 Å². The molecule has 1 fully saturated rings. The number of nitrogens with two attached hydrogens (primary N) is 1. The molecule has 0 spiro atoms. The third kappa shape index (κ3) is 4.86. The monoisotopic (exact) mass is 312 g/mol. The molecule has 1 saturated heterocycles. The molecule has 1 amide bonds. The van der Waals surface area contributed by atoms with Crippen LogP contribution >= 0.6 is 11.6 Å². The number of halogens is 1. The highest BCUT2D eigenvalue weighted by atomic mass is 35.5. The number of carbonyl (C=O) groups is 1. The van der Waals surface area contributed by atoms with Gasteiger partial charge in [-0.05, 0) is 18.2 Å². The van der Waals surface area contributed by atoms with E-state index in [2.05, 4.69) is 15.1 Å². The number of piperazine rings is 1. The van der Waals surface area contributed by atoms with Crippen molar-refractivity contribution in [3.63, 3.8) is 0 Å². The largest absolute Gasteiger partial charge is 0.397 e. The average molecular weight is 313 g/mol.